The summed E-state index contributed by atoms with van der Waals surface area (Å²) >= 11 is 0. The summed E-state index contributed by atoms with van der Waals surface area (Å²) in [6, 6.07) is 13.7. The first-order chi connectivity index (χ1) is 10.7. The molecule has 0 spiro atoms. The number of likely N-dealkylation sites (tertiary alicyclic amines) is 1. The molecule has 1 fully saturated rings. The maximum absolute atomic E-state index is 12.0. The topological polar surface area (TPSA) is 49.8 Å². The molecule has 3 rings (SSSR count). The lowest BCUT2D eigenvalue weighted by Gasteiger charge is -2.28. The number of rotatable bonds is 3. The van der Waals surface area contributed by atoms with Crippen molar-refractivity contribution in [1.82, 2.24) is 4.90 Å². The first kappa shape index (κ1) is 14.9. The van der Waals surface area contributed by atoms with Crippen LogP contribution in [-0.4, -0.2) is 35.3 Å². The van der Waals surface area contributed by atoms with Crippen molar-refractivity contribution in [2.75, 3.05) is 13.2 Å². The van der Waals surface area contributed by atoms with Crippen LogP contribution in [0.5, 0.6) is 0 Å². The number of aliphatic hydroxyl groups excluding tert-OH is 1. The maximum Gasteiger partial charge on any atom is 0.410 e. The van der Waals surface area contributed by atoms with E-state index < -0.39 is 6.10 Å². The van der Waals surface area contributed by atoms with Gasteiger partial charge in [-0.1, -0.05) is 42.5 Å². The molecule has 0 aromatic heterocycles. The number of aliphatic hydroxyl groups is 1. The number of hydrogen-bond donors (Lipinski definition) is 1. The van der Waals surface area contributed by atoms with Gasteiger partial charge in [-0.2, -0.15) is 0 Å². The number of nitrogens with zero attached hydrogens (tertiary/aromatic N) is 1. The third-order valence-electron chi connectivity index (χ3n) is 4.31. The molecular formula is C18H21NO3. The Morgan fingerprint density at radius 1 is 1.32 bits per heavy atom. The Morgan fingerprint density at radius 2 is 2.09 bits per heavy atom. The van der Waals surface area contributed by atoms with E-state index in [0.717, 1.165) is 29.2 Å². The normalized spacial score (nSPS) is 19.4. The van der Waals surface area contributed by atoms with Crippen LogP contribution in [0.4, 0.5) is 4.79 Å². The SMILES string of the molecule is CCOC(=O)N1CCC[C@H]1[C@@H](O)c1cccc2ccccc12. The van der Waals surface area contributed by atoms with Crippen molar-refractivity contribution in [3.8, 4) is 0 Å². The predicted octanol–water partition coefficient (Wildman–Crippen LogP) is 3.49. The highest BCUT2D eigenvalue weighted by molar-refractivity contribution is 5.86. The first-order valence-corrected chi connectivity index (χ1v) is 7.81. The quantitative estimate of drug-likeness (QED) is 0.943. The van der Waals surface area contributed by atoms with E-state index in [1.807, 2.05) is 42.5 Å². The molecule has 1 heterocycles. The van der Waals surface area contributed by atoms with E-state index in [1.54, 1.807) is 11.8 Å². The van der Waals surface area contributed by atoms with Gasteiger partial charge in [-0.3, -0.25) is 0 Å². The van der Waals surface area contributed by atoms with Gasteiger partial charge in [0.2, 0.25) is 0 Å². The second-order valence-corrected chi connectivity index (χ2v) is 5.62. The van der Waals surface area contributed by atoms with Crippen molar-refractivity contribution in [2.24, 2.45) is 0 Å². The molecule has 2 aromatic rings. The predicted molar refractivity (Wildman–Crippen MR) is 85.7 cm³/mol. The summed E-state index contributed by atoms with van der Waals surface area (Å²) in [5.41, 5.74) is 0.874. The molecule has 4 nitrogen and oxygen atoms in total. The minimum Gasteiger partial charge on any atom is -0.450 e. The molecule has 0 unspecified atom stereocenters. The van der Waals surface area contributed by atoms with Gasteiger partial charge >= 0.3 is 6.09 Å². The van der Waals surface area contributed by atoms with Gasteiger partial charge in [0.25, 0.3) is 0 Å². The molecule has 1 aliphatic rings. The van der Waals surface area contributed by atoms with Gasteiger partial charge in [0.15, 0.2) is 0 Å². The second kappa shape index (κ2) is 6.36. The molecule has 1 aliphatic heterocycles. The lowest BCUT2D eigenvalue weighted by Crippen LogP contribution is -2.39. The van der Waals surface area contributed by atoms with Crippen LogP contribution in [-0.2, 0) is 4.74 Å². The minimum absolute atomic E-state index is 0.218. The standard InChI is InChI=1S/C18H21NO3/c1-2-22-18(21)19-12-6-11-16(19)17(20)15-10-5-8-13-7-3-4-9-14(13)15/h3-5,7-10,16-17,20H,2,6,11-12H2,1H3/t16-,17-/m0/s1. The number of amides is 1. The van der Waals surface area contributed by atoms with Crippen LogP contribution < -0.4 is 0 Å². The summed E-state index contributed by atoms with van der Waals surface area (Å²) in [5.74, 6) is 0. The van der Waals surface area contributed by atoms with E-state index in [-0.39, 0.29) is 12.1 Å². The number of carbonyl (C=O) groups is 1. The summed E-state index contributed by atoms with van der Waals surface area (Å²) in [6.07, 6.45) is 0.663. The molecule has 1 N–H and O–H groups in total. The monoisotopic (exact) mass is 299 g/mol. The molecule has 2 atom stereocenters. The van der Waals surface area contributed by atoms with Gasteiger partial charge < -0.3 is 14.7 Å². The van der Waals surface area contributed by atoms with Crippen molar-refractivity contribution in [3.63, 3.8) is 0 Å². The lowest BCUT2D eigenvalue weighted by atomic mass is 9.95. The third kappa shape index (κ3) is 2.66. The van der Waals surface area contributed by atoms with Crippen LogP contribution in [0.25, 0.3) is 10.8 Å². The number of benzene rings is 2. The fourth-order valence-electron chi connectivity index (χ4n) is 3.27. The lowest BCUT2D eigenvalue weighted by molar-refractivity contribution is 0.0535. The number of ether oxygens (including phenoxy) is 1. The van der Waals surface area contributed by atoms with Crippen molar-refractivity contribution < 1.29 is 14.6 Å². The van der Waals surface area contributed by atoms with Gasteiger partial charge in [0, 0.05) is 6.54 Å². The van der Waals surface area contributed by atoms with Crippen LogP contribution in [0.3, 0.4) is 0 Å². The zero-order chi connectivity index (χ0) is 15.5. The van der Waals surface area contributed by atoms with Gasteiger partial charge in [0.1, 0.15) is 6.10 Å². The maximum atomic E-state index is 12.0. The second-order valence-electron chi connectivity index (χ2n) is 5.62. The average Bonchev–Trinajstić information content (AvgIpc) is 3.03. The van der Waals surface area contributed by atoms with Crippen LogP contribution >= 0.6 is 0 Å². The van der Waals surface area contributed by atoms with Crippen molar-refractivity contribution in [3.05, 3.63) is 48.0 Å². The Labute approximate surface area is 130 Å². The highest BCUT2D eigenvalue weighted by Gasteiger charge is 2.35. The molecular weight excluding hydrogens is 278 g/mol. The van der Waals surface area contributed by atoms with Crippen molar-refractivity contribution in [1.29, 1.82) is 0 Å². The molecule has 0 radical (unpaired) electrons. The molecule has 116 valence electrons. The smallest absolute Gasteiger partial charge is 0.410 e. The Morgan fingerprint density at radius 3 is 2.91 bits per heavy atom. The number of fused-ring (bicyclic) bond motifs is 1. The highest BCUT2D eigenvalue weighted by Crippen LogP contribution is 2.33. The van der Waals surface area contributed by atoms with E-state index in [4.69, 9.17) is 4.74 Å². The van der Waals surface area contributed by atoms with Gasteiger partial charge in [-0.15, -0.1) is 0 Å². The zero-order valence-corrected chi connectivity index (χ0v) is 12.7. The summed E-state index contributed by atoms with van der Waals surface area (Å²) < 4.78 is 5.11. The third-order valence-corrected chi connectivity index (χ3v) is 4.31. The van der Waals surface area contributed by atoms with E-state index in [9.17, 15) is 9.90 Å². The summed E-state index contributed by atoms with van der Waals surface area (Å²) in [7, 11) is 0. The summed E-state index contributed by atoms with van der Waals surface area (Å²) in [5, 5.41) is 13.0. The Balaban J connectivity index is 1.91. The Hall–Kier alpha value is -2.07. The molecule has 4 heteroatoms. The van der Waals surface area contributed by atoms with Crippen LogP contribution in [0.2, 0.25) is 0 Å². The summed E-state index contributed by atoms with van der Waals surface area (Å²) in [6.45, 7) is 2.79. The fraction of sp³-hybridized carbons (Fsp3) is 0.389. The van der Waals surface area contributed by atoms with E-state index >= 15 is 0 Å². The van der Waals surface area contributed by atoms with Crippen molar-refractivity contribution >= 4 is 16.9 Å². The molecule has 22 heavy (non-hydrogen) atoms. The summed E-state index contributed by atoms with van der Waals surface area (Å²) in [4.78, 5) is 13.7. The van der Waals surface area contributed by atoms with Gasteiger partial charge in [-0.25, -0.2) is 4.79 Å². The van der Waals surface area contributed by atoms with Crippen LogP contribution in [0.15, 0.2) is 42.5 Å². The Bertz CT molecular complexity index is 665. The van der Waals surface area contributed by atoms with Crippen molar-refractivity contribution in [2.45, 2.75) is 31.9 Å². The zero-order valence-electron chi connectivity index (χ0n) is 12.7. The van der Waals surface area contributed by atoms with Gasteiger partial charge in [0.05, 0.1) is 12.6 Å². The van der Waals surface area contributed by atoms with Crippen LogP contribution in [0, 0.1) is 0 Å². The number of carbonyl (C=O) groups excluding carboxylic acids is 1. The minimum atomic E-state index is -0.696. The molecule has 0 saturated carbocycles. The number of hydrogen-bond acceptors (Lipinski definition) is 3. The molecule has 0 bridgehead atoms. The fourth-order valence-corrected chi connectivity index (χ4v) is 3.27. The highest BCUT2D eigenvalue weighted by atomic mass is 16.6. The molecule has 1 amide bonds. The molecule has 1 saturated heterocycles. The first-order valence-electron chi connectivity index (χ1n) is 7.81. The van der Waals surface area contributed by atoms with E-state index in [1.165, 1.54) is 0 Å². The van der Waals surface area contributed by atoms with E-state index in [2.05, 4.69) is 0 Å². The van der Waals surface area contributed by atoms with E-state index in [0.29, 0.717) is 13.2 Å². The molecule has 2 aromatic carbocycles. The average molecular weight is 299 g/mol. The van der Waals surface area contributed by atoms with Gasteiger partial charge in [-0.05, 0) is 36.1 Å². The largest absolute Gasteiger partial charge is 0.450 e. The molecule has 0 aliphatic carbocycles. The van der Waals surface area contributed by atoms with Crippen LogP contribution in [0.1, 0.15) is 31.4 Å². The Kier molecular flexibility index (Phi) is 4.29.